The summed E-state index contributed by atoms with van der Waals surface area (Å²) in [7, 11) is 9.81. The Balaban J connectivity index is 1.97. The molecule has 2 atom stereocenters. The van der Waals surface area contributed by atoms with Gasteiger partial charge < -0.3 is 28.4 Å². The van der Waals surface area contributed by atoms with Crippen LogP contribution in [-0.2, 0) is 0 Å². The van der Waals surface area contributed by atoms with E-state index in [9.17, 15) is 0 Å². The average Bonchev–Trinajstić information content (AvgIpc) is 2.91. The number of rotatable bonds is 8. The number of methoxy groups -OCH3 is 6. The van der Waals surface area contributed by atoms with Gasteiger partial charge in [-0.2, -0.15) is 0 Å². The highest BCUT2D eigenvalue weighted by atomic mass is 16.5. The molecule has 1 aliphatic heterocycles. The summed E-state index contributed by atoms with van der Waals surface area (Å²) in [5, 5.41) is 0. The average molecular weight is 478 g/mol. The van der Waals surface area contributed by atoms with Gasteiger partial charge in [-0.05, 0) is 60.0 Å². The Morgan fingerprint density at radius 3 is 1.54 bits per heavy atom. The minimum Gasteiger partial charge on any atom is -0.493 e. The second kappa shape index (κ2) is 10.2. The molecule has 0 saturated heterocycles. The van der Waals surface area contributed by atoms with Crippen LogP contribution in [0, 0.1) is 0 Å². The fourth-order valence-electron chi connectivity index (χ4n) is 4.70. The maximum Gasteiger partial charge on any atom is 0.161 e. The van der Waals surface area contributed by atoms with Crippen LogP contribution >= 0.6 is 0 Å². The van der Waals surface area contributed by atoms with Gasteiger partial charge in [-0.3, -0.25) is 4.99 Å². The van der Waals surface area contributed by atoms with Crippen LogP contribution in [0.15, 0.2) is 53.5 Å². The largest absolute Gasteiger partial charge is 0.493 e. The molecule has 0 aromatic heterocycles. The summed E-state index contributed by atoms with van der Waals surface area (Å²) >= 11 is 0. The van der Waals surface area contributed by atoms with Crippen molar-refractivity contribution in [3.63, 3.8) is 0 Å². The highest BCUT2D eigenvalue weighted by molar-refractivity contribution is 6.02. The maximum atomic E-state index is 5.66. The molecular formula is C28H31NO6. The minimum atomic E-state index is -0.224. The summed E-state index contributed by atoms with van der Waals surface area (Å²) < 4.78 is 33.4. The molecule has 0 spiro atoms. The van der Waals surface area contributed by atoms with Crippen molar-refractivity contribution in [3.8, 4) is 34.5 Å². The molecule has 1 aliphatic rings. The second-order valence-electron chi connectivity index (χ2n) is 8.16. The van der Waals surface area contributed by atoms with E-state index < -0.39 is 0 Å². The van der Waals surface area contributed by atoms with E-state index in [-0.39, 0.29) is 12.0 Å². The summed E-state index contributed by atoms with van der Waals surface area (Å²) in [5.74, 6) is 3.84. The predicted octanol–water partition coefficient (Wildman–Crippen LogP) is 5.43. The van der Waals surface area contributed by atoms with Crippen molar-refractivity contribution >= 4 is 5.71 Å². The predicted molar refractivity (Wildman–Crippen MR) is 135 cm³/mol. The van der Waals surface area contributed by atoms with E-state index in [0.717, 1.165) is 28.0 Å². The van der Waals surface area contributed by atoms with Crippen LogP contribution in [0.2, 0.25) is 0 Å². The number of aliphatic imine (C=N–C) groups is 1. The van der Waals surface area contributed by atoms with Crippen LogP contribution in [0.25, 0.3) is 0 Å². The zero-order chi connectivity index (χ0) is 25.1. The summed E-state index contributed by atoms with van der Waals surface area (Å²) in [6.07, 6.45) is 0. The smallest absolute Gasteiger partial charge is 0.161 e. The molecule has 0 N–H and O–H groups in total. The summed E-state index contributed by atoms with van der Waals surface area (Å²) in [6.45, 7) is 2.02. The first-order chi connectivity index (χ1) is 17.0. The number of hydrogen-bond donors (Lipinski definition) is 0. The van der Waals surface area contributed by atoms with Gasteiger partial charge in [0.1, 0.15) is 0 Å². The van der Waals surface area contributed by atoms with Crippen LogP contribution in [0.5, 0.6) is 34.5 Å². The van der Waals surface area contributed by atoms with Crippen LogP contribution < -0.4 is 28.4 Å². The molecule has 4 rings (SSSR count). The highest BCUT2D eigenvalue weighted by Gasteiger charge is 2.34. The van der Waals surface area contributed by atoms with Crippen molar-refractivity contribution in [2.24, 2.45) is 4.99 Å². The Morgan fingerprint density at radius 1 is 0.543 bits per heavy atom. The molecule has 0 radical (unpaired) electrons. The molecule has 0 unspecified atom stereocenters. The molecule has 35 heavy (non-hydrogen) atoms. The van der Waals surface area contributed by atoms with Gasteiger partial charge >= 0.3 is 0 Å². The number of benzene rings is 3. The molecule has 0 fully saturated rings. The molecular weight excluding hydrogens is 446 g/mol. The van der Waals surface area contributed by atoms with Crippen molar-refractivity contribution in [1.82, 2.24) is 0 Å². The van der Waals surface area contributed by atoms with E-state index in [1.54, 1.807) is 42.7 Å². The van der Waals surface area contributed by atoms with Gasteiger partial charge in [-0.15, -0.1) is 0 Å². The third-order valence-electron chi connectivity index (χ3n) is 6.44. The molecule has 184 valence electrons. The van der Waals surface area contributed by atoms with Gasteiger partial charge in [-0.25, -0.2) is 0 Å². The molecule has 0 amide bonds. The lowest BCUT2D eigenvalue weighted by Crippen LogP contribution is -2.21. The van der Waals surface area contributed by atoms with Crippen molar-refractivity contribution in [3.05, 3.63) is 70.8 Å². The van der Waals surface area contributed by atoms with E-state index in [1.807, 2.05) is 49.4 Å². The van der Waals surface area contributed by atoms with Gasteiger partial charge in [0, 0.05) is 17.2 Å². The molecule has 7 heteroatoms. The summed E-state index contributed by atoms with van der Waals surface area (Å²) in [5.41, 5.74) is 5.05. The van der Waals surface area contributed by atoms with Crippen molar-refractivity contribution < 1.29 is 28.4 Å². The standard InChI is InChI=1S/C28H31NO6/c1-16-19-14-25(34-6)26(35-7)15-20(19)27(17-8-10-21(30-2)23(12-17)32-4)28(29-16)18-9-11-22(31-3)24(13-18)33-5/h8-15,27-28H,1-7H3/t27-,28+/m1/s1. The number of nitrogens with zero attached hydrogens (tertiary/aromatic N) is 1. The Bertz CT molecular complexity index is 1250. The van der Waals surface area contributed by atoms with E-state index in [2.05, 4.69) is 6.07 Å². The third kappa shape index (κ3) is 4.34. The first-order valence-corrected chi connectivity index (χ1v) is 11.2. The van der Waals surface area contributed by atoms with Crippen molar-refractivity contribution in [2.75, 3.05) is 42.7 Å². The normalized spacial score (nSPS) is 16.6. The lowest BCUT2D eigenvalue weighted by atomic mass is 9.77. The lowest BCUT2D eigenvalue weighted by Gasteiger charge is -2.33. The monoisotopic (exact) mass is 477 g/mol. The molecule has 0 saturated carbocycles. The third-order valence-corrected chi connectivity index (χ3v) is 6.44. The summed E-state index contributed by atoms with van der Waals surface area (Å²) in [4.78, 5) is 5.16. The Labute approximate surface area is 206 Å². The Morgan fingerprint density at radius 2 is 1.00 bits per heavy atom. The molecule has 1 heterocycles. The quantitative estimate of drug-likeness (QED) is 0.431. The van der Waals surface area contributed by atoms with E-state index in [1.165, 1.54) is 0 Å². The SMILES string of the molecule is COc1ccc([C@@H]2c3cc(OC)c(OC)cc3C(C)=N[C@H]2c2ccc(OC)c(OC)c2)cc1OC. The first-order valence-electron chi connectivity index (χ1n) is 11.2. The number of fused-ring (bicyclic) bond motifs is 1. The van der Waals surface area contributed by atoms with Gasteiger partial charge in [0.15, 0.2) is 34.5 Å². The highest BCUT2D eigenvalue weighted by Crippen LogP contribution is 2.49. The van der Waals surface area contributed by atoms with Crippen molar-refractivity contribution in [1.29, 1.82) is 0 Å². The Kier molecular flexibility index (Phi) is 7.05. The van der Waals surface area contributed by atoms with E-state index in [4.69, 9.17) is 33.4 Å². The Hall–Kier alpha value is -3.87. The van der Waals surface area contributed by atoms with Crippen LogP contribution in [-0.4, -0.2) is 48.4 Å². The van der Waals surface area contributed by atoms with Gasteiger partial charge in [0.2, 0.25) is 0 Å². The molecule has 3 aromatic rings. The van der Waals surface area contributed by atoms with Crippen LogP contribution in [0.3, 0.4) is 0 Å². The van der Waals surface area contributed by atoms with E-state index >= 15 is 0 Å². The number of hydrogen-bond acceptors (Lipinski definition) is 7. The fourth-order valence-corrected chi connectivity index (χ4v) is 4.70. The van der Waals surface area contributed by atoms with Crippen molar-refractivity contribution in [2.45, 2.75) is 18.9 Å². The zero-order valence-electron chi connectivity index (χ0n) is 21.2. The van der Waals surface area contributed by atoms with Crippen LogP contribution in [0.4, 0.5) is 0 Å². The fraction of sp³-hybridized carbons (Fsp3) is 0.321. The van der Waals surface area contributed by atoms with E-state index in [0.29, 0.717) is 34.5 Å². The molecule has 0 bridgehead atoms. The molecule has 0 aliphatic carbocycles. The number of ether oxygens (including phenoxy) is 6. The van der Waals surface area contributed by atoms with Gasteiger partial charge in [0.25, 0.3) is 0 Å². The molecule has 3 aromatic carbocycles. The topological polar surface area (TPSA) is 67.7 Å². The zero-order valence-corrected chi connectivity index (χ0v) is 21.2. The van der Waals surface area contributed by atoms with Crippen LogP contribution in [0.1, 0.15) is 41.1 Å². The van der Waals surface area contributed by atoms with Gasteiger partial charge in [-0.1, -0.05) is 12.1 Å². The summed E-state index contributed by atoms with van der Waals surface area (Å²) in [6, 6.07) is 15.7. The minimum absolute atomic E-state index is 0.133. The van der Waals surface area contributed by atoms with Gasteiger partial charge in [0.05, 0.1) is 48.7 Å². The maximum absolute atomic E-state index is 5.66. The second-order valence-corrected chi connectivity index (χ2v) is 8.16. The first kappa shape index (κ1) is 24.3. The lowest BCUT2D eigenvalue weighted by molar-refractivity contribution is 0.352. The molecule has 7 nitrogen and oxygen atoms in total.